The number of hydrogen-bond acceptors (Lipinski definition) is 9. The van der Waals surface area contributed by atoms with E-state index in [1.54, 1.807) is 0 Å². The molecule has 1 aromatic heterocycles. The minimum atomic E-state index is -6.91. The van der Waals surface area contributed by atoms with Gasteiger partial charge in [0, 0.05) is 47.4 Å². The SMILES string of the molecule is O=C(c1c(O)c2ccc(N(c3ccc([N+](=O)[O-])cc3)c3ccc([N+](=O)[O-])cc3)cc2oc1=O)C(F)(F)C(F)(F)C(F)(F)F. The van der Waals surface area contributed by atoms with Crippen LogP contribution in [0.5, 0.6) is 5.75 Å². The van der Waals surface area contributed by atoms with Crippen LogP contribution in [-0.2, 0) is 0 Å². The number of carbonyl (C=O) groups excluding carboxylic acids is 1. The second-order valence-electron chi connectivity index (χ2n) is 8.65. The number of ketones is 1. The van der Waals surface area contributed by atoms with Crippen LogP contribution in [0.2, 0.25) is 0 Å². The molecule has 0 bridgehead atoms. The van der Waals surface area contributed by atoms with Crippen LogP contribution in [0.25, 0.3) is 11.0 Å². The molecule has 18 heteroatoms. The van der Waals surface area contributed by atoms with Crippen molar-refractivity contribution in [3.63, 3.8) is 0 Å². The third kappa shape index (κ3) is 5.17. The van der Waals surface area contributed by atoms with E-state index >= 15 is 0 Å². The van der Waals surface area contributed by atoms with Crippen molar-refractivity contribution in [3.05, 3.63) is 103 Å². The maximum Gasteiger partial charge on any atom is 0.460 e. The number of anilines is 3. The normalized spacial score (nSPS) is 12.3. The van der Waals surface area contributed by atoms with Gasteiger partial charge < -0.3 is 14.4 Å². The van der Waals surface area contributed by atoms with E-state index in [1.807, 2.05) is 0 Å². The Morgan fingerprint density at radius 2 is 1.21 bits per heavy atom. The minimum Gasteiger partial charge on any atom is -0.506 e. The maximum absolute atomic E-state index is 14.0. The fraction of sp³-hybridized carbons (Fsp3) is 0.120. The Morgan fingerprint density at radius 1 is 0.767 bits per heavy atom. The number of aromatic hydroxyl groups is 1. The summed E-state index contributed by atoms with van der Waals surface area (Å²) in [6, 6.07) is 12.4. The van der Waals surface area contributed by atoms with E-state index in [9.17, 15) is 65.7 Å². The van der Waals surface area contributed by atoms with Gasteiger partial charge in [-0.15, -0.1) is 0 Å². The lowest BCUT2D eigenvalue weighted by atomic mass is 9.99. The molecule has 0 saturated carbocycles. The quantitative estimate of drug-likeness (QED) is 0.0740. The highest BCUT2D eigenvalue weighted by molar-refractivity contribution is 6.07. The fourth-order valence-corrected chi connectivity index (χ4v) is 3.88. The highest BCUT2D eigenvalue weighted by Crippen LogP contribution is 2.48. The summed E-state index contributed by atoms with van der Waals surface area (Å²) in [7, 11) is 0. The van der Waals surface area contributed by atoms with Gasteiger partial charge in [0.15, 0.2) is 5.56 Å². The summed E-state index contributed by atoms with van der Waals surface area (Å²) >= 11 is 0. The van der Waals surface area contributed by atoms with Crippen LogP contribution in [0.15, 0.2) is 75.9 Å². The van der Waals surface area contributed by atoms with Crippen LogP contribution in [0, 0.1) is 20.2 Å². The molecule has 0 fully saturated rings. The van der Waals surface area contributed by atoms with Gasteiger partial charge in [-0.05, 0) is 36.4 Å². The molecule has 0 atom stereocenters. The first-order valence-corrected chi connectivity index (χ1v) is 11.3. The zero-order valence-corrected chi connectivity index (χ0v) is 20.6. The van der Waals surface area contributed by atoms with Gasteiger partial charge in [0.1, 0.15) is 11.3 Å². The van der Waals surface area contributed by atoms with Crippen molar-refractivity contribution < 1.29 is 54.9 Å². The van der Waals surface area contributed by atoms with Crippen LogP contribution in [0.4, 0.5) is 59.2 Å². The Labute approximate surface area is 232 Å². The summed E-state index contributed by atoms with van der Waals surface area (Å²) < 4.78 is 97.4. The van der Waals surface area contributed by atoms with E-state index in [4.69, 9.17) is 4.42 Å². The van der Waals surface area contributed by atoms with E-state index in [0.29, 0.717) is 0 Å². The molecule has 0 spiro atoms. The number of nitro groups is 2. The fourth-order valence-electron chi connectivity index (χ4n) is 3.88. The number of benzene rings is 3. The number of carbonyl (C=O) groups is 1. The highest BCUT2D eigenvalue weighted by atomic mass is 19.4. The molecule has 4 aromatic rings. The molecular weight excluding hydrogens is 603 g/mol. The molecule has 43 heavy (non-hydrogen) atoms. The molecule has 1 N–H and O–H groups in total. The molecule has 1 heterocycles. The lowest BCUT2D eigenvalue weighted by Crippen LogP contribution is -2.56. The monoisotopic (exact) mass is 615 g/mol. The van der Waals surface area contributed by atoms with Gasteiger partial charge in [-0.2, -0.15) is 30.7 Å². The van der Waals surface area contributed by atoms with Crippen molar-refractivity contribution in [3.8, 4) is 5.75 Å². The maximum atomic E-state index is 14.0. The summed E-state index contributed by atoms with van der Waals surface area (Å²) in [4.78, 5) is 46.5. The summed E-state index contributed by atoms with van der Waals surface area (Å²) in [6.45, 7) is 0. The molecule has 11 nitrogen and oxygen atoms in total. The summed E-state index contributed by atoms with van der Waals surface area (Å²) in [6.07, 6.45) is -6.90. The lowest BCUT2D eigenvalue weighted by molar-refractivity contribution is -0.385. The first-order chi connectivity index (χ1) is 19.9. The van der Waals surface area contributed by atoms with Crippen LogP contribution < -0.4 is 10.5 Å². The average Bonchev–Trinajstić information content (AvgIpc) is 2.92. The molecule has 0 aliphatic rings. The summed E-state index contributed by atoms with van der Waals surface area (Å²) in [5.74, 6) is -18.4. The van der Waals surface area contributed by atoms with Crippen molar-refractivity contribution in [2.45, 2.75) is 18.0 Å². The van der Waals surface area contributed by atoms with Gasteiger partial charge in [-0.3, -0.25) is 25.0 Å². The van der Waals surface area contributed by atoms with Crippen LogP contribution in [0.3, 0.4) is 0 Å². The smallest absolute Gasteiger partial charge is 0.460 e. The van der Waals surface area contributed by atoms with Crippen molar-refractivity contribution in [2.75, 3.05) is 4.90 Å². The standard InChI is InChI=1S/C25H12F7N3O8/c26-23(27,24(28,29)25(30,31)32)21(37)19-20(36)17-10-9-16(11-18(17)43-22(19)38)33(12-1-5-14(6-2-12)34(39)40)13-3-7-15(8-4-13)35(41)42/h1-11,36H. The number of halogens is 7. The third-order valence-electron chi connectivity index (χ3n) is 6.02. The van der Waals surface area contributed by atoms with Gasteiger partial charge >= 0.3 is 23.6 Å². The van der Waals surface area contributed by atoms with Crippen LogP contribution >= 0.6 is 0 Å². The zero-order valence-electron chi connectivity index (χ0n) is 20.6. The molecule has 0 amide bonds. The number of nitro benzene ring substituents is 2. The zero-order chi connectivity index (χ0) is 32.1. The molecule has 4 rings (SSSR count). The van der Waals surface area contributed by atoms with E-state index in [1.165, 1.54) is 29.2 Å². The number of Topliss-reactive ketones (excluding diaryl/α,β-unsaturated/α-hetero) is 1. The lowest BCUT2D eigenvalue weighted by Gasteiger charge is -2.27. The predicted octanol–water partition coefficient (Wildman–Crippen LogP) is 6.80. The van der Waals surface area contributed by atoms with E-state index in [0.717, 1.165) is 42.5 Å². The first-order valence-electron chi connectivity index (χ1n) is 11.3. The topological polar surface area (TPSA) is 157 Å². The van der Waals surface area contributed by atoms with Crippen LogP contribution in [-0.4, -0.2) is 38.8 Å². The van der Waals surface area contributed by atoms with Crippen molar-refractivity contribution in [1.29, 1.82) is 0 Å². The highest BCUT2D eigenvalue weighted by Gasteiger charge is 2.76. The van der Waals surface area contributed by atoms with Gasteiger partial charge in [0.2, 0.25) is 5.78 Å². The predicted molar refractivity (Wildman–Crippen MR) is 132 cm³/mol. The number of rotatable bonds is 8. The number of hydrogen-bond donors (Lipinski definition) is 1. The molecule has 0 unspecified atom stereocenters. The summed E-state index contributed by atoms with van der Waals surface area (Å²) in [5, 5.41) is 31.8. The van der Waals surface area contributed by atoms with Gasteiger partial charge in [-0.25, -0.2) is 4.79 Å². The second-order valence-corrected chi connectivity index (χ2v) is 8.65. The first kappa shape index (κ1) is 30.4. The minimum absolute atomic E-state index is 0.00534. The third-order valence-corrected chi connectivity index (χ3v) is 6.02. The number of fused-ring (bicyclic) bond motifs is 1. The average molecular weight is 615 g/mol. The van der Waals surface area contributed by atoms with E-state index < -0.39 is 61.6 Å². The van der Waals surface area contributed by atoms with E-state index in [2.05, 4.69) is 0 Å². The number of non-ortho nitro benzene ring substituents is 2. The van der Waals surface area contributed by atoms with Crippen molar-refractivity contribution in [2.24, 2.45) is 0 Å². The largest absolute Gasteiger partial charge is 0.506 e. The number of nitrogens with zero attached hydrogens (tertiary/aromatic N) is 3. The molecule has 0 radical (unpaired) electrons. The summed E-state index contributed by atoms with van der Waals surface area (Å²) in [5.41, 5.74) is -5.22. The molecule has 3 aromatic carbocycles. The molecule has 0 aliphatic carbocycles. The number of alkyl halides is 7. The molecule has 224 valence electrons. The van der Waals surface area contributed by atoms with Gasteiger partial charge in [0.25, 0.3) is 11.4 Å². The molecular formula is C25H12F7N3O8. The van der Waals surface area contributed by atoms with Crippen molar-refractivity contribution >= 4 is 45.2 Å². The van der Waals surface area contributed by atoms with E-state index in [-0.39, 0.29) is 28.4 Å². The van der Waals surface area contributed by atoms with Gasteiger partial charge in [0.05, 0.1) is 15.2 Å². The Balaban J connectivity index is 1.87. The van der Waals surface area contributed by atoms with Gasteiger partial charge in [-0.1, -0.05) is 0 Å². The molecule has 0 saturated heterocycles. The Morgan fingerprint density at radius 3 is 1.63 bits per heavy atom. The van der Waals surface area contributed by atoms with Crippen LogP contribution in [0.1, 0.15) is 10.4 Å². The Hall–Kier alpha value is -5.55. The molecule has 0 aliphatic heterocycles. The Kier molecular flexibility index (Phi) is 7.34. The Bertz CT molecular complexity index is 1770. The van der Waals surface area contributed by atoms with Crippen molar-refractivity contribution in [1.82, 2.24) is 0 Å². The second kappa shape index (κ2) is 10.4.